The fourth-order valence-corrected chi connectivity index (χ4v) is 3.19. The minimum atomic E-state index is 0.0424. The predicted molar refractivity (Wildman–Crippen MR) is 86.2 cm³/mol. The Morgan fingerprint density at radius 3 is 3.13 bits per heavy atom. The van der Waals surface area contributed by atoms with Gasteiger partial charge in [0.15, 0.2) is 5.65 Å². The largest absolute Gasteiger partial charge is 0.376 e. The topological polar surface area (TPSA) is 71.1 Å². The molecule has 0 radical (unpaired) electrons. The number of H-pyrrole nitrogens is 1. The highest BCUT2D eigenvalue weighted by Gasteiger charge is 2.29. The van der Waals surface area contributed by atoms with Gasteiger partial charge in [-0.3, -0.25) is 4.79 Å². The van der Waals surface area contributed by atoms with Crippen LogP contribution < -0.4 is 0 Å². The van der Waals surface area contributed by atoms with Gasteiger partial charge in [-0.05, 0) is 44.6 Å². The number of nitrogens with one attached hydrogen (secondary N) is 1. The van der Waals surface area contributed by atoms with Crippen molar-refractivity contribution in [3.8, 4) is 0 Å². The van der Waals surface area contributed by atoms with Crippen LogP contribution in [0, 0.1) is 12.8 Å². The maximum atomic E-state index is 12.9. The van der Waals surface area contributed by atoms with Crippen LogP contribution in [0.25, 0.3) is 11.2 Å². The number of aryl methyl sites for hydroxylation is 1. The number of aromatic nitrogens is 3. The van der Waals surface area contributed by atoms with Crippen LogP contribution in [-0.4, -0.2) is 51.6 Å². The molecule has 0 spiro atoms. The Kier molecular flexibility index (Phi) is 3.77. The van der Waals surface area contributed by atoms with Gasteiger partial charge in [-0.25, -0.2) is 9.97 Å². The van der Waals surface area contributed by atoms with Gasteiger partial charge in [0.05, 0.1) is 17.2 Å². The van der Waals surface area contributed by atoms with E-state index in [2.05, 4.69) is 15.0 Å². The van der Waals surface area contributed by atoms with Gasteiger partial charge in [0.2, 0.25) is 0 Å². The summed E-state index contributed by atoms with van der Waals surface area (Å²) in [5.74, 6) is 1.58. The van der Waals surface area contributed by atoms with Gasteiger partial charge in [-0.15, -0.1) is 0 Å². The molecule has 2 fully saturated rings. The molecule has 23 heavy (non-hydrogen) atoms. The predicted octanol–water partition coefficient (Wildman–Crippen LogP) is 2.30. The van der Waals surface area contributed by atoms with Gasteiger partial charge in [0.25, 0.3) is 5.91 Å². The van der Waals surface area contributed by atoms with Gasteiger partial charge < -0.3 is 14.6 Å². The third kappa shape index (κ3) is 3.08. The van der Waals surface area contributed by atoms with Crippen molar-refractivity contribution in [3.05, 3.63) is 23.7 Å². The van der Waals surface area contributed by atoms with Crippen molar-refractivity contribution in [2.24, 2.45) is 5.92 Å². The number of rotatable bonds is 4. The third-order valence-corrected chi connectivity index (χ3v) is 4.67. The van der Waals surface area contributed by atoms with Crippen LogP contribution in [0.5, 0.6) is 0 Å². The molecule has 1 aliphatic carbocycles. The first-order valence-corrected chi connectivity index (χ1v) is 8.43. The average molecular weight is 314 g/mol. The van der Waals surface area contributed by atoms with Gasteiger partial charge >= 0.3 is 0 Å². The molecule has 2 aromatic heterocycles. The van der Waals surface area contributed by atoms with Crippen LogP contribution in [0.4, 0.5) is 0 Å². The number of carbonyl (C=O) groups is 1. The molecular formula is C17H22N4O2. The number of amides is 1. The van der Waals surface area contributed by atoms with Crippen molar-refractivity contribution in [3.63, 3.8) is 0 Å². The molecular weight excluding hydrogens is 292 g/mol. The summed E-state index contributed by atoms with van der Waals surface area (Å²) in [4.78, 5) is 26.5. The minimum Gasteiger partial charge on any atom is -0.376 e. The van der Waals surface area contributed by atoms with Crippen LogP contribution in [-0.2, 0) is 4.74 Å². The maximum Gasteiger partial charge on any atom is 0.256 e. The van der Waals surface area contributed by atoms with E-state index in [1.807, 2.05) is 11.8 Å². The summed E-state index contributed by atoms with van der Waals surface area (Å²) in [5.41, 5.74) is 1.99. The van der Waals surface area contributed by atoms with Gasteiger partial charge in [0.1, 0.15) is 5.82 Å². The van der Waals surface area contributed by atoms with E-state index in [1.165, 1.54) is 12.8 Å². The van der Waals surface area contributed by atoms with E-state index >= 15 is 0 Å². The number of nitrogens with zero attached hydrogens (tertiary/aromatic N) is 3. The lowest BCUT2D eigenvalue weighted by Crippen LogP contribution is -2.43. The summed E-state index contributed by atoms with van der Waals surface area (Å²) in [6.07, 6.45) is 6.46. The number of carbonyl (C=O) groups excluding carboxylic acids is 1. The quantitative estimate of drug-likeness (QED) is 0.940. The van der Waals surface area contributed by atoms with E-state index in [1.54, 1.807) is 12.3 Å². The Morgan fingerprint density at radius 1 is 1.43 bits per heavy atom. The summed E-state index contributed by atoms with van der Waals surface area (Å²) in [7, 11) is 0. The van der Waals surface area contributed by atoms with E-state index in [0.717, 1.165) is 43.3 Å². The van der Waals surface area contributed by atoms with Crippen molar-refractivity contribution in [1.29, 1.82) is 0 Å². The van der Waals surface area contributed by atoms with Crippen LogP contribution in [0.1, 0.15) is 41.9 Å². The lowest BCUT2D eigenvalue weighted by Gasteiger charge is -2.32. The highest BCUT2D eigenvalue weighted by Crippen LogP contribution is 2.30. The van der Waals surface area contributed by atoms with Crippen molar-refractivity contribution in [2.45, 2.75) is 38.7 Å². The number of likely N-dealkylation sites (tertiary alicyclic amines) is 1. The van der Waals surface area contributed by atoms with E-state index in [-0.39, 0.29) is 12.0 Å². The molecule has 3 heterocycles. The standard InChI is InChI=1S/C17H22N4O2/c1-11-19-15-14(6-7-18-16(15)20-11)17(22)21-8-2-3-13(9-21)23-10-12-4-5-12/h6-7,12-13H,2-5,8-10H2,1H3,(H,18,19,20). The average Bonchev–Trinajstić information content (AvgIpc) is 3.31. The number of hydrogen-bond donors (Lipinski definition) is 1. The zero-order chi connectivity index (χ0) is 15.8. The number of imidazole rings is 1. The number of hydrogen-bond acceptors (Lipinski definition) is 4. The first-order chi connectivity index (χ1) is 11.2. The van der Waals surface area contributed by atoms with E-state index in [9.17, 15) is 4.79 Å². The molecule has 1 N–H and O–H groups in total. The summed E-state index contributed by atoms with van der Waals surface area (Å²) in [5, 5.41) is 0. The normalized spacial score (nSPS) is 21.8. The monoisotopic (exact) mass is 314 g/mol. The van der Waals surface area contributed by atoms with Crippen LogP contribution in [0.2, 0.25) is 0 Å². The number of pyridine rings is 1. The second-order valence-electron chi connectivity index (χ2n) is 6.67. The molecule has 2 aliphatic rings. The molecule has 1 atom stereocenters. The summed E-state index contributed by atoms with van der Waals surface area (Å²) in [6.45, 7) is 4.20. The Hall–Kier alpha value is -1.95. The van der Waals surface area contributed by atoms with Gasteiger partial charge in [-0.1, -0.05) is 0 Å². The maximum absolute atomic E-state index is 12.9. The van der Waals surface area contributed by atoms with Crippen LogP contribution >= 0.6 is 0 Å². The smallest absolute Gasteiger partial charge is 0.256 e. The van der Waals surface area contributed by atoms with Crippen LogP contribution in [0.15, 0.2) is 12.3 Å². The van der Waals surface area contributed by atoms with E-state index in [0.29, 0.717) is 17.8 Å². The SMILES string of the molecule is Cc1nc2nccc(C(=O)N3CCCC(OCC4CC4)C3)c2[nH]1. The number of aromatic amines is 1. The molecule has 122 valence electrons. The zero-order valence-electron chi connectivity index (χ0n) is 13.4. The Bertz CT molecular complexity index is 722. The van der Waals surface area contributed by atoms with E-state index < -0.39 is 0 Å². The molecule has 1 aliphatic heterocycles. The lowest BCUT2D eigenvalue weighted by atomic mass is 10.1. The number of ether oxygens (including phenoxy) is 1. The second kappa shape index (κ2) is 5.92. The highest BCUT2D eigenvalue weighted by atomic mass is 16.5. The molecule has 4 rings (SSSR count). The Labute approximate surface area is 135 Å². The molecule has 1 amide bonds. The number of fused-ring (bicyclic) bond motifs is 1. The summed E-state index contributed by atoms with van der Waals surface area (Å²) in [6, 6.07) is 1.77. The van der Waals surface area contributed by atoms with Gasteiger partial charge in [0, 0.05) is 25.9 Å². The van der Waals surface area contributed by atoms with Crippen molar-refractivity contribution >= 4 is 17.1 Å². The van der Waals surface area contributed by atoms with Crippen molar-refractivity contribution in [2.75, 3.05) is 19.7 Å². The minimum absolute atomic E-state index is 0.0424. The molecule has 0 aromatic carbocycles. The molecule has 1 unspecified atom stereocenters. The fraction of sp³-hybridized carbons (Fsp3) is 0.588. The lowest BCUT2D eigenvalue weighted by molar-refractivity contribution is -0.00237. The summed E-state index contributed by atoms with van der Waals surface area (Å²) >= 11 is 0. The Balaban J connectivity index is 1.50. The van der Waals surface area contributed by atoms with Gasteiger partial charge in [-0.2, -0.15) is 0 Å². The first kappa shape index (κ1) is 14.6. The molecule has 6 heteroatoms. The molecule has 6 nitrogen and oxygen atoms in total. The molecule has 1 saturated heterocycles. The molecule has 1 saturated carbocycles. The number of piperidine rings is 1. The van der Waals surface area contributed by atoms with Crippen molar-refractivity contribution < 1.29 is 9.53 Å². The van der Waals surface area contributed by atoms with Crippen molar-refractivity contribution in [1.82, 2.24) is 19.9 Å². The molecule has 0 bridgehead atoms. The van der Waals surface area contributed by atoms with E-state index in [4.69, 9.17) is 4.74 Å². The highest BCUT2D eigenvalue weighted by molar-refractivity contribution is 6.04. The van der Waals surface area contributed by atoms with Crippen LogP contribution in [0.3, 0.4) is 0 Å². The summed E-state index contributed by atoms with van der Waals surface area (Å²) < 4.78 is 5.99. The third-order valence-electron chi connectivity index (χ3n) is 4.67. The fourth-order valence-electron chi connectivity index (χ4n) is 3.19. The Morgan fingerprint density at radius 2 is 2.30 bits per heavy atom. The first-order valence-electron chi connectivity index (χ1n) is 8.43. The second-order valence-corrected chi connectivity index (χ2v) is 6.67. The molecule has 2 aromatic rings. The zero-order valence-corrected chi connectivity index (χ0v) is 13.4.